The van der Waals surface area contributed by atoms with E-state index in [4.69, 9.17) is 6.42 Å². The van der Waals surface area contributed by atoms with Gasteiger partial charge in [-0.3, -0.25) is 0 Å². The van der Waals surface area contributed by atoms with E-state index in [1.165, 1.54) is 0 Å². The quantitative estimate of drug-likeness (QED) is 0.446. The molecule has 0 aliphatic heterocycles. The van der Waals surface area contributed by atoms with E-state index in [0.717, 1.165) is 6.42 Å². The van der Waals surface area contributed by atoms with E-state index >= 15 is 0 Å². The maximum absolute atomic E-state index is 5.10. The highest BCUT2D eigenvalue weighted by Crippen LogP contribution is 2.13. The second kappa shape index (κ2) is 3.97. The first kappa shape index (κ1) is 8.04. The van der Waals surface area contributed by atoms with Crippen molar-refractivity contribution in [2.75, 3.05) is 0 Å². The van der Waals surface area contributed by atoms with Crippen molar-refractivity contribution in [1.82, 2.24) is 0 Å². The first-order chi connectivity index (χ1) is 3.68. The predicted octanol–water partition coefficient (Wildman–Crippen LogP) is 2.43. The molecule has 0 aromatic heterocycles. The van der Waals surface area contributed by atoms with Crippen molar-refractivity contribution < 1.29 is 0 Å². The van der Waals surface area contributed by atoms with Crippen LogP contribution in [0.15, 0.2) is 0 Å². The Morgan fingerprint density at radius 2 is 2.12 bits per heavy atom. The van der Waals surface area contributed by atoms with Gasteiger partial charge in [0.25, 0.3) is 0 Å². The summed E-state index contributed by atoms with van der Waals surface area (Å²) in [6, 6.07) is 0. The molecule has 0 N–H and O–H groups in total. The van der Waals surface area contributed by atoms with E-state index in [9.17, 15) is 0 Å². The van der Waals surface area contributed by atoms with Gasteiger partial charge in [-0.15, -0.1) is 12.3 Å². The maximum Gasteiger partial charge on any atom is 0.0152 e. The molecule has 46 valence electrons. The zero-order chi connectivity index (χ0) is 6.57. The zero-order valence-corrected chi connectivity index (χ0v) is 6.90. The highest BCUT2D eigenvalue weighted by Gasteiger charge is 2.04. The summed E-state index contributed by atoms with van der Waals surface area (Å²) in [6.45, 7) is 4.25. The largest absolute Gasteiger partial charge is 0.120 e. The average molecular weight is 175 g/mol. The number of alkyl halides is 1. The standard InChI is InChI=1S/C7H11Br/c1-4-5-6(2)7(3)8/h1,6-7H,5H2,2-3H3. The van der Waals surface area contributed by atoms with Gasteiger partial charge in [-0.1, -0.05) is 29.8 Å². The summed E-state index contributed by atoms with van der Waals surface area (Å²) >= 11 is 3.45. The van der Waals surface area contributed by atoms with Gasteiger partial charge in [-0.2, -0.15) is 0 Å². The fourth-order valence-corrected chi connectivity index (χ4v) is 0.535. The van der Waals surface area contributed by atoms with Gasteiger partial charge in [-0.25, -0.2) is 0 Å². The van der Waals surface area contributed by atoms with Crippen molar-refractivity contribution in [3.63, 3.8) is 0 Å². The van der Waals surface area contributed by atoms with Gasteiger partial charge in [0.15, 0.2) is 0 Å². The maximum atomic E-state index is 5.10. The predicted molar refractivity (Wildman–Crippen MR) is 41.0 cm³/mol. The molecule has 0 bridgehead atoms. The van der Waals surface area contributed by atoms with E-state index < -0.39 is 0 Å². The number of rotatable bonds is 2. The van der Waals surface area contributed by atoms with Crippen molar-refractivity contribution >= 4 is 15.9 Å². The molecule has 0 nitrogen and oxygen atoms in total. The zero-order valence-electron chi connectivity index (χ0n) is 5.32. The summed E-state index contributed by atoms with van der Waals surface area (Å²) in [6.07, 6.45) is 5.96. The molecule has 0 radical (unpaired) electrons. The molecule has 0 rings (SSSR count). The minimum Gasteiger partial charge on any atom is -0.120 e. The van der Waals surface area contributed by atoms with Gasteiger partial charge >= 0.3 is 0 Å². The van der Waals surface area contributed by atoms with Gasteiger partial charge in [0.1, 0.15) is 0 Å². The van der Waals surface area contributed by atoms with Crippen LogP contribution in [0.25, 0.3) is 0 Å². The first-order valence-electron chi connectivity index (χ1n) is 2.76. The number of halogens is 1. The molecule has 2 unspecified atom stereocenters. The molecule has 0 saturated heterocycles. The number of terminal acetylenes is 1. The molecular formula is C7H11Br. The molecule has 0 aliphatic carbocycles. The van der Waals surface area contributed by atoms with Crippen molar-refractivity contribution in [1.29, 1.82) is 0 Å². The van der Waals surface area contributed by atoms with Crippen molar-refractivity contribution in [3.8, 4) is 12.3 Å². The summed E-state index contributed by atoms with van der Waals surface area (Å²) in [5.74, 6) is 3.22. The fraction of sp³-hybridized carbons (Fsp3) is 0.714. The third-order valence-electron chi connectivity index (χ3n) is 1.22. The van der Waals surface area contributed by atoms with E-state index in [1.807, 2.05) is 0 Å². The Kier molecular flexibility index (Phi) is 3.99. The molecule has 0 spiro atoms. The second-order valence-electron chi connectivity index (χ2n) is 2.06. The summed E-state index contributed by atoms with van der Waals surface area (Å²) in [5.41, 5.74) is 0. The van der Waals surface area contributed by atoms with Crippen LogP contribution in [-0.2, 0) is 0 Å². The van der Waals surface area contributed by atoms with Gasteiger partial charge < -0.3 is 0 Å². The van der Waals surface area contributed by atoms with Crippen LogP contribution in [0.2, 0.25) is 0 Å². The lowest BCUT2D eigenvalue weighted by Crippen LogP contribution is -2.04. The van der Waals surface area contributed by atoms with Crippen LogP contribution in [0.4, 0.5) is 0 Å². The monoisotopic (exact) mass is 174 g/mol. The molecule has 0 amide bonds. The molecule has 2 atom stereocenters. The normalized spacial score (nSPS) is 16.8. The Morgan fingerprint density at radius 1 is 1.62 bits per heavy atom. The highest BCUT2D eigenvalue weighted by molar-refractivity contribution is 9.09. The van der Waals surface area contributed by atoms with Crippen LogP contribution in [0, 0.1) is 18.3 Å². The number of hydrogen-bond acceptors (Lipinski definition) is 0. The van der Waals surface area contributed by atoms with E-state index in [0.29, 0.717) is 10.7 Å². The third-order valence-corrected chi connectivity index (χ3v) is 2.13. The molecule has 0 aromatic rings. The molecule has 0 aromatic carbocycles. The number of hydrogen-bond donors (Lipinski definition) is 0. The van der Waals surface area contributed by atoms with Crippen LogP contribution in [-0.4, -0.2) is 4.83 Å². The Hall–Kier alpha value is 0.0400. The first-order valence-corrected chi connectivity index (χ1v) is 3.67. The summed E-state index contributed by atoms with van der Waals surface area (Å²) in [4.78, 5) is 0.540. The second-order valence-corrected chi connectivity index (χ2v) is 3.51. The van der Waals surface area contributed by atoms with E-state index in [-0.39, 0.29) is 0 Å². The van der Waals surface area contributed by atoms with E-state index in [1.54, 1.807) is 0 Å². The highest BCUT2D eigenvalue weighted by atomic mass is 79.9. The topological polar surface area (TPSA) is 0 Å². The van der Waals surface area contributed by atoms with Crippen LogP contribution in [0.3, 0.4) is 0 Å². The lowest BCUT2D eigenvalue weighted by molar-refractivity contribution is 0.603. The van der Waals surface area contributed by atoms with Crippen LogP contribution >= 0.6 is 15.9 Å². The lowest BCUT2D eigenvalue weighted by Gasteiger charge is -2.08. The van der Waals surface area contributed by atoms with Crippen LogP contribution in [0.5, 0.6) is 0 Å². The Bertz CT molecular complexity index is 89.1. The summed E-state index contributed by atoms with van der Waals surface area (Å²) in [7, 11) is 0. The van der Waals surface area contributed by atoms with Gasteiger partial charge in [0.05, 0.1) is 0 Å². The van der Waals surface area contributed by atoms with Gasteiger partial charge in [0.2, 0.25) is 0 Å². The summed E-state index contributed by atoms with van der Waals surface area (Å²) in [5, 5.41) is 0. The Labute approximate surface area is 59.8 Å². The van der Waals surface area contributed by atoms with Gasteiger partial charge in [-0.05, 0) is 5.92 Å². The van der Waals surface area contributed by atoms with E-state index in [2.05, 4.69) is 35.7 Å². The molecule has 0 fully saturated rings. The van der Waals surface area contributed by atoms with Crippen molar-refractivity contribution in [3.05, 3.63) is 0 Å². The van der Waals surface area contributed by atoms with Crippen LogP contribution < -0.4 is 0 Å². The summed E-state index contributed by atoms with van der Waals surface area (Å²) < 4.78 is 0. The molecule has 0 aliphatic rings. The van der Waals surface area contributed by atoms with Crippen molar-refractivity contribution in [2.24, 2.45) is 5.92 Å². The molecule has 1 heteroatoms. The van der Waals surface area contributed by atoms with Crippen LogP contribution in [0.1, 0.15) is 20.3 Å². The van der Waals surface area contributed by atoms with Gasteiger partial charge in [0, 0.05) is 11.2 Å². The average Bonchev–Trinajstić information content (AvgIpc) is 1.67. The fourth-order valence-electron chi connectivity index (χ4n) is 0.348. The molecule has 0 heterocycles. The molecule has 8 heavy (non-hydrogen) atoms. The lowest BCUT2D eigenvalue weighted by atomic mass is 10.1. The molecular weight excluding hydrogens is 164 g/mol. The van der Waals surface area contributed by atoms with Crippen molar-refractivity contribution in [2.45, 2.75) is 25.1 Å². The Balaban J connectivity index is 3.35. The Morgan fingerprint density at radius 3 is 2.25 bits per heavy atom. The smallest absolute Gasteiger partial charge is 0.0152 e. The third kappa shape index (κ3) is 3.10. The SMILES string of the molecule is C#CCC(C)C(C)Br. The minimum atomic E-state index is 0.540. The minimum absolute atomic E-state index is 0.540. The molecule has 0 saturated carbocycles.